The molecule has 0 amide bonds. The van der Waals surface area contributed by atoms with Gasteiger partial charge in [0.25, 0.3) is 0 Å². The summed E-state index contributed by atoms with van der Waals surface area (Å²) in [6, 6.07) is 5.05. The van der Waals surface area contributed by atoms with Gasteiger partial charge >= 0.3 is 0 Å². The Morgan fingerprint density at radius 1 is 1.07 bits per heavy atom. The van der Waals surface area contributed by atoms with Crippen LogP contribution in [0.4, 0.5) is 0 Å². The van der Waals surface area contributed by atoms with Gasteiger partial charge in [-0.1, -0.05) is 18.2 Å². The first kappa shape index (κ1) is 23.5. The van der Waals surface area contributed by atoms with E-state index in [-0.39, 0.29) is 13.2 Å². The molecule has 0 aromatic heterocycles. The summed E-state index contributed by atoms with van der Waals surface area (Å²) in [6.45, 7) is -1.30. The molecule has 1 aliphatic heterocycles. The van der Waals surface area contributed by atoms with E-state index in [1.165, 1.54) is 7.11 Å². The summed E-state index contributed by atoms with van der Waals surface area (Å²) < 4.78 is 21.6. The molecule has 6 atom stereocenters. The Labute approximate surface area is 168 Å². The van der Waals surface area contributed by atoms with Crippen molar-refractivity contribution >= 4 is 6.08 Å². The van der Waals surface area contributed by atoms with E-state index in [1.807, 2.05) is 0 Å². The maximum Gasteiger partial charge on any atom is 0.186 e. The first-order valence-corrected chi connectivity index (χ1v) is 9.10. The number of rotatable bonds is 10. The number of methoxy groups -OCH3 is 1. The van der Waals surface area contributed by atoms with Gasteiger partial charge in [0.2, 0.25) is 0 Å². The highest BCUT2D eigenvalue weighted by atomic mass is 16.7. The molecule has 0 unspecified atom stereocenters. The molecule has 29 heavy (non-hydrogen) atoms. The standard InChI is InChI=1S/C19H28O10/c1-26-14-7-11(3-2-6-20)4-5-13(14)28-12(8-21)10-27-19-18(25)17(24)16(23)15(9-22)29-19/h2-5,7,12,15-25H,6,8-10H2,1H3/t12-,15-,16-,17+,18-,19-/m1/s1. The van der Waals surface area contributed by atoms with Crippen molar-refractivity contribution in [3.63, 3.8) is 0 Å². The van der Waals surface area contributed by atoms with E-state index in [0.717, 1.165) is 5.56 Å². The zero-order valence-corrected chi connectivity index (χ0v) is 16.0. The minimum absolute atomic E-state index is 0.0948. The smallest absolute Gasteiger partial charge is 0.186 e. The highest BCUT2D eigenvalue weighted by Crippen LogP contribution is 2.30. The third-order valence-corrected chi connectivity index (χ3v) is 4.40. The van der Waals surface area contributed by atoms with Crippen LogP contribution in [-0.4, -0.2) is 101 Å². The summed E-state index contributed by atoms with van der Waals surface area (Å²) in [6.07, 6.45) is -4.57. The van der Waals surface area contributed by atoms with Gasteiger partial charge in [0.05, 0.1) is 33.5 Å². The van der Waals surface area contributed by atoms with E-state index in [1.54, 1.807) is 30.4 Å². The quantitative estimate of drug-likeness (QED) is 0.258. The average molecular weight is 416 g/mol. The summed E-state index contributed by atoms with van der Waals surface area (Å²) >= 11 is 0. The number of hydrogen-bond donors (Lipinski definition) is 6. The zero-order valence-electron chi connectivity index (χ0n) is 16.0. The Morgan fingerprint density at radius 3 is 2.45 bits per heavy atom. The van der Waals surface area contributed by atoms with Gasteiger partial charge < -0.3 is 49.6 Å². The molecule has 1 aromatic rings. The lowest BCUT2D eigenvalue weighted by molar-refractivity contribution is -0.304. The predicted octanol–water partition coefficient (Wildman–Crippen LogP) is -1.74. The topological polar surface area (TPSA) is 158 Å². The van der Waals surface area contributed by atoms with Crippen molar-refractivity contribution in [2.45, 2.75) is 36.8 Å². The van der Waals surface area contributed by atoms with Crippen molar-refractivity contribution in [2.75, 3.05) is 33.5 Å². The fourth-order valence-electron chi connectivity index (χ4n) is 2.78. The second-order valence-electron chi connectivity index (χ2n) is 6.45. The van der Waals surface area contributed by atoms with Crippen LogP contribution < -0.4 is 9.47 Å². The normalized spacial score (nSPS) is 28.4. The van der Waals surface area contributed by atoms with Crippen molar-refractivity contribution in [3.05, 3.63) is 29.8 Å². The summed E-state index contributed by atoms with van der Waals surface area (Å²) in [7, 11) is 1.46. The molecule has 10 nitrogen and oxygen atoms in total. The van der Waals surface area contributed by atoms with Crippen LogP contribution in [0.25, 0.3) is 6.08 Å². The van der Waals surface area contributed by atoms with Crippen molar-refractivity contribution in [1.29, 1.82) is 0 Å². The average Bonchev–Trinajstić information content (AvgIpc) is 2.75. The summed E-state index contributed by atoms with van der Waals surface area (Å²) in [5.74, 6) is 0.737. The van der Waals surface area contributed by atoms with Crippen molar-refractivity contribution in [2.24, 2.45) is 0 Å². The van der Waals surface area contributed by atoms with E-state index in [0.29, 0.717) is 11.5 Å². The molecule has 0 aliphatic carbocycles. The molecular weight excluding hydrogens is 388 g/mol. The SMILES string of the molecule is COc1cc(C=CCO)ccc1O[C@H](CO)CO[C@@H]1O[C@H](CO)[C@@H](O)[C@H](O)[C@H]1O. The number of benzene rings is 1. The lowest BCUT2D eigenvalue weighted by Gasteiger charge is -2.39. The van der Waals surface area contributed by atoms with Gasteiger partial charge in [-0.25, -0.2) is 0 Å². The van der Waals surface area contributed by atoms with Crippen molar-refractivity contribution in [1.82, 2.24) is 0 Å². The summed E-state index contributed by atoms with van der Waals surface area (Å²) in [4.78, 5) is 0. The second kappa shape index (κ2) is 11.4. The van der Waals surface area contributed by atoms with Crippen LogP contribution in [0.2, 0.25) is 0 Å². The van der Waals surface area contributed by atoms with Gasteiger partial charge in [-0.15, -0.1) is 0 Å². The van der Waals surface area contributed by atoms with Gasteiger partial charge in [0.15, 0.2) is 17.8 Å². The van der Waals surface area contributed by atoms with E-state index in [2.05, 4.69) is 0 Å². The fourth-order valence-corrected chi connectivity index (χ4v) is 2.78. The Balaban J connectivity index is 2.01. The molecule has 1 aliphatic rings. The van der Waals surface area contributed by atoms with Crippen LogP contribution in [0.1, 0.15) is 5.56 Å². The molecular formula is C19H28O10. The number of aliphatic hydroxyl groups excluding tert-OH is 6. The van der Waals surface area contributed by atoms with Gasteiger partial charge in [0, 0.05) is 0 Å². The molecule has 0 bridgehead atoms. The van der Waals surface area contributed by atoms with Crippen LogP contribution in [0.3, 0.4) is 0 Å². The van der Waals surface area contributed by atoms with E-state index < -0.39 is 50.0 Å². The highest BCUT2D eigenvalue weighted by molar-refractivity contribution is 5.55. The van der Waals surface area contributed by atoms with E-state index in [4.69, 9.17) is 24.1 Å². The van der Waals surface area contributed by atoms with Crippen LogP contribution >= 0.6 is 0 Å². The largest absolute Gasteiger partial charge is 0.493 e. The molecule has 0 saturated carbocycles. The summed E-state index contributed by atoms with van der Waals surface area (Å²) in [5.41, 5.74) is 0.779. The molecule has 1 fully saturated rings. The Hall–Kier alpha value is -1.76. The van der Waals surface area contributed by atoms with E-state index >= 15 is 0 Å². The van der Waals surface area contributed by atoms with Crippen molar-refractivity contribution in [3.8, 4) is 11.5 Å². The summed E-state index contributed by atoms with van der Waals surface area (Å²) in [5, 5.41) is 57.2. The minimum Gasteiger partial charge on any atom is -0.493 e. The molecule has 1 heterocycles. The first-order chi connectivity index (χ1) is 13.9. The van der Waals surface area contributed by atoms with Crippen LogP contribution in [0.15, 0.2) is 24.3 Å². The molecule has 0 radical (unpaired) electrons. The monoisotopic (exact) mass is 416 g/mol. The third-order valence-electron chi connectivity index (χ3n) is 4.40. The second-order valence-corrected chi connectivity index (χ2v) is 6.45. The van der Waals surface area contributed by atoms with E-state index in [9.17, 15) is 25.5 Å². The Kier molecular flexibility index (Phi) is 9.27. The highest BCUT2D eigenvalue weighted by Gasteiger charge is 2.44. The zero-order chi connectivity index (χ0) is 21.4. The molecule has 6 N–H and O–H groups in total. The molecule has 10 heteroatoms. The Bertz CT molecular complexity index is 650. The predicted molar refractivity (Wildman–Crippen MR) is 100 cm³/mol. The van der Waals surface area contributed by atoms with Crippen LogP contribution in [0, 0.1) is 0 Å². The minimum atomic E-state index is -1.56. The van der Waals surface area contributed by atoms with Gasteiger partial charge in [-0.2, -0.15) is 0 Å². The Morgan fingerprint density at radius 2 is 1.83 bits per heavy atom. The molecule has 0 spiro atoms. The van der Waals surface area contributed by atoms with Crippen LogP contribution in [0.5, 0.6) is 11.5 Å². The van der Waals surface area contributed by atoms with Crippen LogP contribution in [-0.2, 0) is 9.47 Å². The third kappa shape index (κ3) is 6.11. The first-order valence-electron chi connectivity index (χ1n) is 9.10. The maximum absolute atomic E-state index is 9.99. The molecule has 1 saturated heterocycles. The molecule has 2 rings (SSSR count). The van der Waals surface area contributed by atoms with Crippen molar-refractivity contribution < 1.29 is 49.6 Å². The van der Waals surface area contributed by atoms with Gasteiger partial charge in [0.1, 0.15) is 30.5 Å². The van der Waals surface area contributed by atoms with Gasteiger partial charge in [-0.05, 0) is 17.7 Å². The number of hydrogen-bond acceptors (Lipinski definition) is 10. The maximum atomic E-state index is 9.99. The number of aliphatic hydroxyl groups is 6. The molecule has 164 valence electrons. The number of ether oxygens (including phenoxy) is 4. The lowest BCUT2D eigenvalue weighted by Crippen LogP contribution is -2.59. The van der Waals surface area contributed by atoms with Gasteiger partial charge in [-0.3, -0.25) is 0 Å². The molecule has 1 aromatic carbocycles. The fraction of sp³-hybridized carbons (Fsp3) is 0.579. The lowest BCUT2D eigenvalue weighted by atomic mass is 9.99.